The molecule has 1 fully saturated rings. The highest BCUT2D eigenvalue weighted by molar-refractivity contribution is 5.80. The molecule has 1 amide bonds. The number of pyridine rings is 1. The van der Waals surface area contributed by atoms with Gasteiger partial charge in [0.2, 0.25) is 5.91 Å². The average molecular weight is 328 g/mol. The molecule has 5 heteroatoms. The molecule has 126 valence electrons. The first-order valence-electron chi connectivity index (χ1n) is 8.14. The summed E-state index contributed by atoms with van der Waals surface area (Å²) in [4.78, 5) is 16.8. The Hall–Kier alpha value is -2.27. The monoisotopic (exact) mass is 328 g/mol. The van der Waals surface area contributed by atoms with Gasteiger partial charge in [-0.05, 0) is 55.2 Å². The highest BCUT2D eigenvalue weighted by Gasteiger charge is 2.35. The predicted molar refractivity (Wildman–Crippen MR) is 88.7 cm³/mol. The molecule has 2 heterocycles. The van der Waals surface area contributed by atoms with E-state index in [1.807, 2.05) is 26.0 Å². The van der Waals surface area contributed by atoms with Gasteiger partial charge >= 0.3 is 0 Å². The minimum Gasteiger partial charge on any atom is -0.373 e. The van der Waals surface area contributed by atoms with Crippen LogP contribution in [0, 0.1) is 18.7 Å². The van der Waals surface area contributed by atoms with Gasteiger partial charge in [0, 0.05) is 19.0 Å². The van der Waals surface area contributed by atoms with Crippen LogP contribution in [0.5, 0.6) is 0 Å². The molecule has 0 unspecified atom stereocenters. The highest BCUT2D eigenvalue weighted by Crippen LogP contribution is 2.34. The lowest BCUT2D eigenvalue weighted by Crippen LogP contribution is -2.34. The molecule has 3 rings (SSSR count). The first kappa shape index (κ1) is 16.6. The normalized spacial score (nSPS) is 21.5. The number of nitrogens with zero attached hydrogens (tertiary/aromatic N) is 1. The van der Waals surface area contributed by atoms with Crippen molar-refractivity contribution in [3.05, 3.63) is 65.2 Å². The Labute approximate surface area is 141 Å². The summed E-state index contributed by atoms with van der Waals surface area (Å²) in [5.41, 5.74) is 2.66. The van der Waals surface area contributed by atoms with Crippen LogP contribution in [0.4, 0.5) is 4.39 Å². The number of aryl methyl sites for hydroxylation is 1. The fraction of sp³-hybridized carbons (Fsp3) is 0.368. The van der Waals surface area contributed by atoms with Crippen LogP contribution in [-0.2, 0) is 9.53 Å². The van der Waals surface area contributed by atoms with Crippen LogP contribution < -0.4 is 5.32 Å². The van der Waals surface area contributed by atoms with Gasteiger partial charge in [-0.25, -0.2) is 4.39 Å². The number of benzene rings is 1. The molecule has 0 spiro atoms. The van der Waals surface area contributed by atoms with Crippen LogP contribution >= 0.6 is 0 Å². The molecule has 24 heavy (non-hydrogen) atoms. The van der Waals surface area contributed by atoms with E-state index in [1.54, 1.807) is 18.5 Å². The second-order valence-corrected chi connectivity index (χ2v) is 6.20. The van der Waals surface area contributed by atoms with Gasteiger partial charge in [-0.3, -0.25) is 9.78 Å². The molecule has 4 nitrogen and oxygen atoms in total. The number of aromatic nitrogens is 1. The van der Waals surface area contributed by atoms with Gasteiger partial charge < -0.3 is 10.1 Å². The molecule has 1 aliphatic rings. The van der Waals surface area contributed by atoms with Gasteiger partial charge in [-0.15, -0.1) is 0 Å². The lowest BCUT2D eigenvalue weighted by Gasteiger charge is -2.22. The zero-order chi connectivity index (χ0) is 17.1. The van der Waals surface area contributed by atoms with Gasteiger partial charge in [0.05, 0.1) is 18.1 Å². The third-order valence-corrected chi connectivity index (χ3v) is 4.50. The van der Waals surface area contributed by atoms with Crippen LogP contribution in [0.1, 0.15) is 42.2 Å². The van der Waals surface area contributed by atoms with Gasteiger partial charge in [-0.2, -0.15) is 0 Å². The smallest absolute Gasteiger partial charge is 0.226 e. The van der Waals surface area contributed by atoms with Gasteiger partial charge in [0.15, 0.2) is 0 Å². The summed E-state index contributed by atoms with van der Waals surface area (Å²) in [7, 11) is 0. The fourth-order valence-electron chi connectivity index (χ4n) is 3.25. The second-order valence-electron chi connectivity index (χ2n) is 6.20. The number of rotatable bonds is 4. The third-order valence-electron chi connectivity index (χ3n) is 4.50. The lowest BCUT2D eigenvalue weighted by atomic mass is 9.94. The number of halogens is 1. The molecule has 1 aromatic carbocycles. The Balaban J connectivity index is 1.72. The molecule has 1 N–H and O–H groups in total. The minimum atomic E-state index is -0.268. The third kappa shape index (κ3) is 3.46. The summed E-state index contributed by atoms with van der Waals surface area (Å²) >= 11 is 0. The summed E-state index contributed by atoms with van der Waals surface area (Å²) in [6.45, 7) is 4.31. The molecule has 1 aromatic heterocycles. The van der Waals surface area contributed by atoms with Crippen molar-refractivity contribution in [3.8, 4) is 0 Å². The van der Waals surface area contributed by atoms with Crippen molar-refractivity contribution >= 4 is 5.91 Å². The number of ether oxygens (including phenoxy) is 1. The quantitative estimate of drug-likeness (QED) is 0.935. The highest BCUT2D eigenvalue weighted by atomic mass is 19.1. The summed E-state index contributed by atoms with van der Waals surface area (Å²) < 4.78 is 19.0. The number of hydrogen-bond acceptors (Lipinski definition) is 3. The van der Waals surface area contributed by atoms with E-state index in [1.165, 1.54) is 12.1 Å². The van der Waals surface area contributed by atoms with Crippen LogP contribution in [0.25, 0.3) is 0 Å². The number of amides is 1. The van der Waals surface area contributed by atoms with Crippen molar-refractivity contribution in [2.24, 2.45) is 5.92 Å². The van der Waals surface area contributed by atoms with E-state index in [0.29, 0.717) is 13.0 Å². The number of carbonyl (C=O) groups excluding carboxylic acids is 1. The van der Waals surface area contributed by atoms with Crippen molar-refractivity contribution in [1.82, 2.24) is 10.3 Å². The van der Waals surface area contributed by atoms with E-state index < -0.39 is 0 Å². The maximum absolute atomic E-state index is 13.2. The Morgan fingerprint density at radius 1 is 1.42 bits per heavy atom. The lowest BCUT2D eigenvalue weighted by molar-refractivity contribution is -0.127. The number of carbonyl (C=O) groups is 1. The standard InChI is InChI=1S/C19H21FN2O2/c1-12-10-15(20)5-6-16(12)13(2)22-19(23)17-7-9-24-18(17)14-4-3-8-21-11-14/h3-6,8,10-11,13,17-18H,7,9H2,1-2H3,(H,22,23)/t13-,17+,18-/m1/s1. The van der Waals surface area contributed by atoms with Gasteiger partial charge in [0.25, 0.3) is 0 Å². The van der Waals surface area contributed by atoms with Crippen molar-refractivity contribution in [1.29, 1.82) is 0 Å². The average Bonchev–Trinajstić information content (AvgIpc) is 3.05. The molecule has 1 aliphatic heterocycles. The van der Waals surface area contributed by atoms with E-state index in [0.717, 1.165) is 16.7 Å². The summed E-state index contributed by atoms with van der Waals surface area (Å²) in [5, 5.41) is 3.04. The van der Waals surface area contributed by atoms with Crippen molar-refractivity contribution < 1.29 is 13.9 Å². The maximum atomic E-state index is 13.2. The van der Waals surface area contributed by atoms with Crippen LogP contribution in [0.3, 0.4) is 0 Å². The van der Waals surface area contributed by atoms with Crippen molar-refractivity contribution in [2.45, 2.75) is 32.4 Å². The topological polar surface area (TPSA) is 51.2 Å². The molecule has 1 saturated heterocycles. The zero-order valence-corrected chi connectivity index (χ0v) is 13.8. The van der Waals surface area contributed by atoms with Crippen LogP contribution in [0.2, 0.25) is 0 Å². The first-order chi connectivity index (χ1) is 11.6. The molecular weight excluding hydrogens is 307 g/mol. The predicted octanol–water partition coefficient (Wildman–Crippen LogP) is 3.48. The molecule has 3 atom stereocenters. The molecular formula is C19H21FN2O2. The Kier molecular flexibility index (Phi) is 4.90. The van der Waals surface area contributed by atoms with Gasteiger partial charge in [0.1, 0.15) is 5.82 Å². The van der Waals surface area contributed by atoms with E-state index in [2.05, 4.69) is 10.3 Å². The minimum absolute atomic E-state index is 0.0439. The molecule has 0 bridgehead atoms. The summed E-state index contributed by atoms with van der Waals surface area (Å²) in [6.07, 6.45) is 3.86. The summed E-state index contributed by atoms with van der Waals surface area (Å²) in [6, 6.07) is 8.21. The molecule has 0 aliphatic carbocycles. The zero-order valence-electron chi connectivity index (χ0n) is 13.8. The molecule has 2 aromatic rings. The van der Waals surface area contributed by atoms with E-state index in [4.69, 9.17) is 4.74 Å². The number of nitrogens with one attached hydrogen (secondary N) is 1. The van der Waals surface area contributed by atoms with Crippen LogP contribution in [0.15, 0.2) is 42.7 Å². The van der Waals surface area contributed by atoms with Crippen LogP contribution in [-0.4, -0.2) is 17.5 Å². The largest absolute Gasteiger partial charge is 0.373 e. The molecule has 0 radical (unpaired) electrons. The maximum Gasteiger partial charge on any atom is 0.226 e. The summed E-state index contributed by atoms with van der Waals surface area (Å²) in [5.74, 6) is -0.550. The van der Waals surface area contributed by atoms with E-state index >= 15 is 0 Å². The Morgan fingerprint density at radius 3 is 2.96 bits per heavy atom. The van der Waals surface area contributed by atoms with Crippen molar-refractivity contribution in [2.75, 3.05) is 6.61 Å². The SMILES string of the molecule is Cc1cc(F)ccc1[C@@H](C)NC(=O)[C@H]1CCO[C@@H]1c1cccnc1. The number of hydrogen-bond donors (Lipinski definition) is 1. The van der Waals surface area contributed by atoms with E-state index in [-0.39, 0.29) is 29.8 Å². The fourth-order valence-corrected chi connectivity index (χ4v) is 3.25. The second kappa shape index (κ2) is 7.09. The Morgan fingerprint density at radius 2 is 2.25 bits per heavy atom. The Bertz CT molecular complexity index is 721. The first-order valence-corrected chi connectivity index (χ1v) is 8.14. The molecule has 0 saturated carbocycles. The van der Waals surface area contributed by atoms with Crippen molar-refractivity contribution in [3.63, 3.8) is 0 Å². The van der Waals surface area contributed by atoms with Gasteiger partial charge in [-0.1, -0.05) is 12.1 Å². The van der Waals surface area contributed by atoms with E-state index in [9.17, 15) is 9.18 Å².